The van der Waals surface area contributed by atoms with Crippen molar-refractivity contribution in [2.75, 3.05) is 7.11 Å². The van der Waals surface area contributed by atoms with Crippen molar-refractivity contribution < 1.29 is 32.4 Å². The van der Waals surface area contributed by atoms with E-state index in [9.17, 15) is 28.1 Å². The number of rotatable bonds is 4. The van der Waals surface area contributed by atoms with Gasteiger partial charge in [0.25, 0.3) is 5.88 Å². The van der Waals surface area contributed by atoms with Crippen LogP contribution >= 0.6 is 11.6 Å². The van der Waals surface area contributed by atoms with E-state index in [0.29, 0.717) is 6.07 Å². The summed E-state index contributed by atoms with van der Waals surface area (Å²) in [5.74, 6) is -1.98. The second-order valence-corrected chi connectivity index (χ2v) is 4.95. The molecule has 0 N–H and O–H groups in total. The fraction of sp³-hybridized carbons (Fsp3) is 0.143. The number of pyridine rings is 1. The van der Waals surface area contributed by atoms with Crippen molar-refractivity contribution in [3.63, 3.8) is 0 Å². The minimum atomic E-state index is -4.66. The van der Waals surface area contributed by atoms with E-state index >= 15 is 0 Å². The van der Waals surface area contributed by atoms with E-state index in [1.165, 1.54) is 0 Å². The molecule has 0 saturated carbocycles. The Bertz CT molecular complexity index is 842. The molecule has 0 unspecified atom stereocenters. The van der Waals surface area contributed by atoms with Crippen LogP contribution in [-0.4, -0.2) is 23.0 Å². The molecule has 0 bridgehead atoms. The molecule has 0 aliphatic heterocycles. The van der Waals surface area contributed by atoms with Crippen LogP contribution in [0, 0.1) is 10.1 Å². The monoisotopic (exact) mass is 376 g/mol. The molecule has 0 radical (unpaired) electrons. The van der Waals surface area contributed by atoms with Gasteiger partial charge in [-0.05, 0) is 18.2 Å². The molecule has 2 rings (SSSR count). The van der Waals surface area contributed by atoms with Gasteiger partial charge in [0.15, 0.2) is 0 Å². The molecule has 2 aromatic rings. The maximum Gasteiger partial charge on any atom is 0.416 e. The zero-order valence-electron chi connectivity index (χ0n) is 12.3. The predicted octanol–water partition coefficient (Wildman–Crippen LogP) is 4.24. The number of hydrogen-bond donors (Lipinski definition) is 0. The summed E-state index contributed by atoms with van der Waals surface area (Å²) in [4.78, 5) is 25.2. The van der Waals surface area contributed by atoms with E-state index in [1.807, 2.05) is 0 Å². The van der Waals surface area contributed by atoms with Gasteiger partial charge in [0.05, 0.1) is 28.2 Å². The quantitative estimate of drug-likeness (QED) is 0.450. The fourth-order valence-electron chi connectivity index (χ4n) is 1.74. The molecule has 0 aliphatic rings. The van der Waals surface area contributed by atoms with E-state index in [0.717, 1.165) is 31.5 Å². The number of aromatic nitrogens is 1. The van der Waals surface area contributed by atoms with Crippen molar-refractivity contribution >= 4 is 23.3 Å². The predicted molar refractivity (Wildman–Crippen MR) is 78.8 cm³/mol. The fourth-order valence-corrected chi connectivity index (χ4v) is 1.90. The Morgan fingerprint density at radius 1 is 1.32 bits per heavy atom. The van der Waals surface area contributed by atoms with Crippen LogP contribution in [0.5, 0.6) is 11.6 Å². The number of halogens is 4. The SMILES string of the molecule is COC(=O)c1cnc(Oc2cc(C(F)(F)F)ccc2Cl)c([N+](=O)[O-])c1. The van der Waals surface area contributed by atoms with Gasteiger partial charge in [-0.1, -0.05) is 11.6 Å². The highest BCUT2D eigenvalue weighted by molar-refractivity contribution is 6.32. The van der Waals surface area contributed by atoms with Gasteiger partial charge in [-0.3, -0.25) is 10.1 Å². The second-order valence-electron chi connectivity index (χ2n) is 4.54. The van der Waals surface area contributed by atoms with Gasteiger partial charge in [-0.25, -0.2) is 9.78 Å². The summed E-state index contributed by atoms with van der Waals surface area (Å²) in [7, 11) is 1.07. The van der Waals surface area contributed by atoms with Crippen molar-refractivity contribution in [2.24, 2.45) is 0 Å². The number of nitro groups is 1. The molecule has 11 heteroatoms. The molecule has 0 atom stereocenters. The number of carbonyl (C=O) groups excluding carboxylic acids is 1. The molecule has 1 heterocycles. The van der Waals surface area contributed by atoms with Gasteiger partial charge >= 0.3 is 17.8 Å². The first-order chi connectivity index (χ1) is 11.6. The maximum absolute atomic E-state index is 12.8. The van der Waals surface area contributed by atoms with Gasteiger partial charge in [0, 0.05) is 12.3 Å². The third-order valence-electron chi connectivity index (χ3n) is 2.92. The lowest BCUT2D eigenvalue weighted by Crippen LogP contribution is -2.06. The lowest BCUT2D eigenvalue weighted by Gasteiger charge is -2.11. The highest BCUT2D eigenvalue weighted by Crippen LogP contribution is 2.38. The second kappa shape index (κ2) is 6.93. The first-order valence-electron chi connectivity index (χ1n) is 6.41. The third kappa shape index (κ3) is 4.15. The van der Waals surface area contributed by atoms with Crippen molar-refractivity contribution in [3.05, 3.63) is 56.7 Å². The summed E-state index contributed by atoms with van der Waals surface area (Å²) in [5.41, 5.74) is -2.02. The number of esters is 1. The van der Waals surface area contributed by atoms with Crippen LogP contribution in [0.15, 0.2) is 30.5 Å². The van der Waals surface area contributed by atoms with Crippen LogP contribution < -0.4 is 4.74 Å². The first kappa shape index (κ1) is 18.5. The summed E-state index contributed by atoms with van der Waals surface area (Å²) in [6.45, 7) is 0. The van der Waals surface area contributed by atoms with Crippen molar-refractivity contribution in [1.82, 2.24) is 4.98 Å². The van der Waals surface area contributed by atoms with Crippen LogP contribution in [0.1, 0.15) is 15.9 Å². The third-order valence-corrected chi connectivity index (χ3v) is 3.23. The van der Waals surface area contributed by atoms with Gasteiger partial charge < -0.3 is 9.47 Å². The topological polar surface area (TPSA) is 91.6 Å². The van der Waals surface area contributed by atoms with Gasteiger partial charge in [0.2, 0.25) is 0 Å². The number of methoxy groups -OCH3 is 1. The highest BCUT2D eigenvalue weighted by atomic mass is 35.5. The summed E-state index contributed by atoms with van der Waals surface area (Å²) in [5, 5.41) is 10.9. The first-order valence-corrected chi connectivity index (χ1v) is 6.78. The summed E-state index contributed by atoms with van der Waals surface area (Å²) >= 11 is 5.77. The summed E-state index contributed by atoms with van der Waals surface area (Å²) < 4.78 is 47.7. The molecule has 0 aliphatic carbocycles. The van der Waals surface area contributed by atoms with Crippen molar-refractivity contribution in [3.8, 4) is 11.6 Å². The van der Waals surface area contributed by atoms with E-state index in [-0.39, 0.29) is 10.6 Å². The zero-order valence-corrected chi connectivity index (χ0v) is 13.1. The van der Waals surface area contributed by atoms with Crippen molar-refractivity contribution in [2.45, 2.75) is 6.18 Å². The molecule has 0 fully saturated rings. The lowest BCUT2D eigenvalue weighted by molar-refractivity contribution is -0.386. The van der Waals surface area contributed by atoms with Gasteiger partial charge in [-0.15, -0.1) is 0 Å². The van der Waals surface area contributed by atoms with Crippen molar-refractivity contribution in [1.29, 1.82) is 0 Å². The van der Waals surface area contributed by atoms with Gasteiger partial charge in [0.1, 0.15) is 5.75 Å². The molecule has 0 spiro atoms. The Labute approximate surface area is 143 Å². The Hall–Kier alpha value is -2.88. The number of hydrogen-bond acceptors (Lipinski definition) is 6. The van der Waals surface area contributed by atoms with E-state index in [2.05, 4.69) is 9.72 Å². The molecule has 132 valence electrons. The smallest absolute Gasteiger partial charge is 0.416 e. The Balaban J connectivity index is 2.47. The van der Waals surface area contributed by atoms with Gasteiger partial charge in [-0.2, -0.15) is 13.2 Å². The maximum atomic E-state index is 12.8. The molecule has 1 aromatic heterocycles. The van der Waals surface area contributed by atoms with Crippen LogP contribution in [0.25, 0.3) is 0 Å². The lowest BCUT2D eigenvalue weighted by atomic mass is 10.2. The van der Waals surface area contributed by atoms with E-state index < -0.39 is 39.9 Å². The summed E-state index contributed by atoms with van der Waals surface area (Å²) in [6, 6.07) is 3.09. The molecule has 1 aromatic carbocycles. The number of alkyl halides is 3. The molecular weight excluding hydrogens is 369 g/mol. The molecule has 0 amide bonds. The van der Waals surface area contributed by atoms with Crippen LogP contribution in [0.3, 0.4) is 0 Å². The van der Waals surface area contributed by atoms with Crippen LogP contribution in [-0.2, 0) is 10.9 Å². The Kier molecular flexibility index (Phi) is 5.12. The molecular formula is C14H8ClF3N2O5. The number of carbonyl (C=O) groups is 1. The van der Waals surface area contributed by atoms with E-state index in [4.69, 9.17) is 16.3 Å². The van der Waals surface area contributed by atoms with Crippen LogP contribution in [0.2, 0.25) is 5.02 Å². The molecule has 25 heavy (non-hydrogen) atoms. The number of benzene rings is 1. The minimum Gasteiger partial charge on any atom is -0.465 e. The summed E-state index contributed by atoms with van der Waals surface area (Å²) in [6.07, 6.45) is -3.73. The van der Waals surface area contributed by atoms with E-state index in [1.54, 1.807) is 0 Å². The number of nitrogens with zero attached hydrogens (tertiary/aromatic N) is 2. The highest BCUT2D eigenvalue weighted by Gasteiger charge is 2.32. The Morgan fingerprint density at radius 2 is 2.00 bits per heavy atom. The average Bonchev–Trinajstić information content (AvgIpc) is 2.55. The standard InChI is InChI=1S/C14H8ClF3N2O5/c1-24-13(21)7-4-10(20(22)23)12(19-6-7)25-11-5-8(14(16,17)18)2-3-9(11)15/h2-6H,1H3. The average molecular weight is 377 g/mol. The molecule has 0 saturated heterocycles. The molecule has 7 nitrogen and oxygen atoms in total. The Morgan fingerprint density at radius 3 is 2.56 bits per heavy atom. The minimum absolute atomic E-state index is 0.207. The van der Waals surface area contributed by atoms with Crippen LogP contribution in [0.4, 0.5) is 18.9 Å². The zero-order chi connectivity index (χ0) is 18.8. The normalized spacial score (nSPS) is 11.1. The number of ether oxygens (including phenoxy) is 2. The largest absolute Gasteiger partial charge is 0.465 e.